The number of rotatable bonds is 5. The minimum absolute atomic E-state index is 0.772. The Morgan fingerprint density at radius 1 is 1.12 bits per heavy atom. The van der Waals surface area contributed by atoms with Gasteiger partial charge in [-0.3, -0.25) is 0 Å². The summed E-state index contributed by atoms with van der Waals surface area (Å²) in [6, 6.07) is 10.4. The molecule has 26 heavy (non-hydrogen) atoms. The Morgan fingerprint density at radius 2 is 2.04 bits per heavy atom. The Morgan fingerprint density at radius 3 is 2.96 bits per heavy atom. The topological polar surface area (TPSA) is 68.5 Å². The second-order valence-corrected chi connectivity index (χ2v) is 7.24. The molecule has 1 aromatic carbocycles. The second kappa shape index (κ2) is 6.49. The van der Waals surface area contributed by atoms with Crippen LogP contribution in [0.25, 0.3) is 21.3 Å². The lowest BCUT2D eigenvalue weighted by Crippen LogP contribution is -2.11. The maximum Gasteiger partial charge on any atom is 0.138 e. The molecule has 4 heterocycles. The molecule has 0 saturated carbocycles. The fourth-order valence-electron chi connectivity index (χ4n) is 3.53. The van der Waals surface area contributed by atoms with E-state index in [2.05, 4.69) is 59.7 Å². The highest BCUT2D eigenvalue weighted by Gasteiger charge is 2.17. The minimum atomic E-state index is 0.772. The van der Waals surface area contributed by atoms with E-state index < -0.39 is 0 Å². The molecule has 0 fully saturated rings. The van der Waals surface area contributed by atoms with E-state index in [0.29, 0.717) is 0 Å². The maximum absolute atomic E-state index is 4.50. The third kappa shape index (κ3) is 2.64. The molecule has 0 radical (unpaired) electrons. The first-order valence-electron chi connectivity index (χ1n) is 8.82. The largest absolute Gasteiger partial charge is 0.369 e. The fraction of sp³-hybridized carbons (Fsp3) is 0.263. The molecule has 4 aromatic rings. The van der Waals surface area contributed by atoms with Gasteiger partial charge in [-0.2, -0.15) is 0 Å². The van der Waals surface area contributed by atoms with Gasteiger partial charge < -0.3 is 9.88 Å². The third-order valence-corrected chi connectivity index (χ3v) is 5.67. The van der Waals surface area contributed by atoms with E-state index in [0.717, 1.165) is 53.6 Å². The van der Waals surface area contributed by atoms with Crippen LogP contribution in [0.15, 0.2) is 42.0 Å². The molecule has 1 aliphatic rings. The molecule has 6 nitrogen and oxygen atoms in total. The van der Waals surface area contributed by atoms with Crippen molar-refractivity contribution < 1.29 is 0 Å². The Hall–Kier alpha value is -2.80. The predicted molar refractivity (Wildman–Crippen MR) is 103 cm³/mol. The van der Waals surface area contributed by atoms with E-state index >= 15 is 0 Å². The van der Waals surface area contributed by atoms with Gasteiger partial charge in [0.15, 0.2) is 0 Å². The van der Waals surface area contributed by atoms with Gasteiger partial charge in [0.1, 0.15) is 28.6 Å². The predicted octanol–water partition coefficient (Wildman–Crippen LogP) is 3.55. The lowest BCUT2D eigenvalue weighted by atomic mass is 10.1. The number of hydrogen-bond acceptors (Lipinski definition) is 6. The van der Waals surface area contributed by atoms with Crippen LogP contribution < -0.4 is 5.32 Å². The Balaban J connectivity index is 1.41. The van der Waals surface area contributed by atoms with Gasteiger partial charge in [0.2, 0.25) is 0 Å². The van der Waals surface area contributed by atoms with Crippen LogP contribution in [0.5, 0.6) is 0 Å². The summed E-state index contributed by atoms with van der Waals surface area (Å²) >= 11 is 1.65. The molecule has 0 saturated heterocycles. The molecule has 0 amide bonds. The van der Waals surface area contributed by atoms with Gasteiger partial charge >= 0.3 is 0 Å². The molecule has 5 rings (SSSR count). The second-order valence-electron chi connectivity index (χ2n) is 6.38. The van der Waals surface area contributed by atoms with Crippen molar-refractivity contribution in [2.75, 3.05) is 11.9 Å². The molecular formula is C19H18N6S. The van der Waals surface area contributed by atoms with Gasteiger partial charge in [-0.1, -0.05) is 30.3 Å². The highest BCUT2D eigenvalue weighted by molar-refractivity contribution is 7.17. The van der Waals surface area contributed by atoms with Gasteiger partial charge in [0, 0.05) is 36.9 Å². The normalized spacial score (nSPS) is 13.2. The highest BCUT2D eigenvalue weighted by atomic mass is 32.1. The molecular weight excluding hydrogens is 344 g/mol. The molecule has 0 bridgehead atoms. The van der Waals surface area contributed by atoms with E-state index in [1.165, 1.54) is 17.5 Å². The van der Waals surface area contributed by atoms with Crippen molar-refractivity contribution in [2.45, 2.75) is 25.8 Å². The van der Waals surface area contributed by atoms with Gasteiger partial charge in [-0.05, 0) is 12.0 Å². The van der Waals surface area contributed by atoms with Crippen LogP contribution in [0.1, 0.15) is 18.1 Å². The van der Waals surface area contributed by atoms with E-state index in [9.17, 15) is 0 Å². The third-order valence-electron chi connectivity index (χ3n) is 4.78. The molecule has 1 N–H and O–H groups in total. The Labute approximate surface area is 155 Å². The summed E-state index contributed by atoms with van der Waals surface area (Å²) in [7, 11) is 0. The number of aromatic nitrogens is 5. The van der Waals surface area contributed by atoms with E-state index in [1.807, 2.05) is 6.07 Å². The van der Waals surface area contributed by atoms with Crippen molar-refractivity contribution in [1.82, 2.24) is 24.7 Å². The Kier molecular flexibility index (Phi) is 3.86. The van der Waals surface area contributed by atoms with Gasteiger partial charge in [0.05, 0.1) is 5.39 Å². The molecule has 0 aliphatic carbocycles. The number of thiophene rings is 1. The van der Waals surface area contributed by atoms with Crippen LogP contribution in [-0.4, -0.2) is 31.3 Å². The van der Waals surface area contributed by atoms with Crippen molar-refractivity contribution in [2.24, 2.45) is 0 Å². The first kappa shape index (κ1) is 15.5. The summed E-state index contributed by atoms with van der Waals surface area (Å²) in [5.41, 5.74) is 2.36. The SMILES string of the molecule is c1ccc(-c2csc3ncnc(NCCc4nnc5n4CCC5)c23)cc1. The fourth-order valence-corrected chi connectivity index (χ4v) is 4.44. The summed E-state index contributed by atoms with van der Waals surface area (Å²) in [6.45, 7) is 1.81. The number of nitrogens with zero attached hydrogens (tertiary/aromatic N) is 5. The molecule has 0 atom stereocenters. The van der Waals surface area contributed by atoms with Crippen LogP contribution in [0.2, 0.25) is 0 Å². The number of hydrogen-bond donors (Lipinski definition) is 1. The molecule has 0 unspecified atom stereocenters. The minimum Gasteiger partial charge on any atom is -0.369 e. The number of fused-ring (bicyclic) bond motifs is 2. The first-order chi connectivity index (χ1) is 12.9. The zero-order valence-electron chi connectivity index (χ0n) is 14.2. The van der Waals surface area contributed by atoms with Gasteiger partial charge in [-0.25, -0.2) is 9.97 Å². The quantitative estimate of drug-likeness (QED) is 0.588. The lowest BCUT2D eigenvalue weighted by Gasteiger charge is -2.08. The van der Waals surface area contributed by atoms with Crippen molar-refractivity contribution in [3.63, 3.8) is 0 Å². The van der Waals surface area contributed by atoms with E-state index in [1.54, 1.807) is 17.7 Å². The zero-order valence-corrected chi connectivity index (χ0v) is 15.0. The molecule has 1 aliphatic heterocycles. The summed E-state index contributed by atoms with van der Waals surface area (Å²) in [5.74, 6) is 3.06. The lowest BCUT2D eigenvalue weighted by molar-refractivity contribution is 0.687. The number of aryl methyl sites for hydroxylation is 1. The van der Waals surface area contributed by atoms with Gasteiger partial charge in [0.25, 0.3) is 0 Å². The van der Waals surface area contributed by atoms with Gasteiger partial charge in [-0.15, -0.1) is 21.5 Å². The molecule has 130 valence electrons. The van der Waals surface area contributed by atoms with Crippen molar-refractivity contribution >= 4 is 27.4 Å². The van der Waals surface area contributed by atoms with E-state index in [4.69, 9.17) is 0 Å². The number of anilines is 1. The van der Waals surface area contributed by atoms with Crippen LogP contribution in [0.4, 0.5) is 5.82 Å². The maximum atomic E-state index is 4.50. The average molecular weight is 362 g/mol. The summed E-state index contributed by atoms with van der Waals surface area (Å²) in [4.78, 5) is 9.94. The summed E-state index contributed by atoms with van der Waals surface area (Å²) in [5, 5.41) is 15.3. The number of benzene rings is 1. The monoisotopic (exact) mass is 362 g/mol. The van der Waals surface area contributed by atoms with Crippen molar-refractivity contribution in [3.8, 4) is 11.1 Å². The summed E-state index contributed by atoms with van der Waals surface area (Å²) < 4.78 is 2.25. The van der Waals surface area contributed by atoms with Crippen LogP contribution in [0, 0.1) is 0 Å². The smallest absolute Gasteiger partial charge is 0.138 e. The first-order valence-corrected chi connectivity index (χ1v) is 9.70. The molecule has 3 aromatic heterocycles. The zero-order chi connectivity index (χ0) is 17.3. The molecule has 7 heteroatoms. The van der Waals surface area contributed by atoms with Crippen LogP contribution in [0.3, 0.4) is 0 Å². The Bertz CT molecular complexity index is 1050. The van der Waals surface area contributed by atoms with Crippen molar-refractivity contribution in [1.29, 1.82) is 0 Å². The standard InChI is InChI=1S/C19H18N6S/c1-2-5-13(6-3-1)14-11-26-19-17(14)18(21-12-22-19)20-9-8-16-24-23-15-7-4-10-25(15)16/h1-3,5-6,11-12H,4,7-10H2,(H,20,21,22). The number of nitrogens with one attached hydrogen (secondary N) is 1. The highest BCUT2D eigenvalue weighted by Crippen LogP contribution is 2.36. The average Bonchev–Trinajstić information content (AvgIpc) is 3.39. The van der Waals surface area contributed by atoms with E-state index in [-0.39, 0.29) is 0 Å². The van der Waals surface area contributed by atoms with Crippen LogP contribution >= 0.6 is 11.3 Å². The van der Waals surface area contributed by atoms with Crippen molar-refractivity contribution in [3.05, 3.63) is 53.7 Å². The van der Waals surface area contributed by atoms with Crippen LogP contribution in [-0.2, 0) is 19.4 Å². The summed E-state index contributed by atoms with van der Waals surface area (Å²) in [6.07, 6.45) is 4.68. The molecule has 0 spiro atoms.